The Kier molecular flexibility index (Phi) is 4.28. The summed E-state index contributed by atoms with van der Waals surface area (Å²) >= 11 is 0. The van der Waals surface area contributed by atoms with Crippen molar-refractivity contribution in [1.29, 1.82) is 0 Å². The zero-order chi connectivity index (χ0) is 13.1. The second-order valence-corrected chi connectivity index (χ2v) is 5.16. The highest BCUT2D eigenvalue weighted by molar-refractivity contribution is 5.91. The first-order valence-corrected chi connectivity index (χ1v) is 5.61. The van der Waals surface area contributed by atoms with E-state index in [0.717, 1.165) is 0 Å². The van der Waals surface area contributed by atoms with Gasteiger partial charge in [-0.3, -0.25) is 4.79 Å². The average Bonchev–Trinajstić information content (AvgIpc) is 2.25. The van der Waals surface area contributed by atoms with Crippen molar-refractivity contribution in [3.05, 3.63) is 12.2 Å². The predicted molar refractivity (Wildman–Crippen MR) is 62.6 cm³/mol. The summed E-state index contributed by atoms with van der Waals surface area (Å²) in [7, 11) is 0. The van der Waals surface area contributed by atoms with Gasteiger partial charge in [-0.15, -0.1) is 0 Å². The number of morpholine rings is 1. The van der Waals surface area contributed by atoms with Gasteiger partial charge in [0.25, 0.3) is 0 Å². The molecule has 96 valence electrons. The highest BCUT2D eigenvalue weighted by atomic mass is 16.5. The molecular formula is C12H19NO4. The zero-order valence-electron chi connectivity index (χ0n) is 10.5. The minimum absolute atomic E-state index is 0.0600. The minimum Gasteiger partial charge on any atom is -0.480 e. The molecule has 0 aliphatic carbocycles. The lowest BCUT2D eigenvalue weighted by Gasteiger charge is -2.32. The third kappa shape index (κ3) is 4.19. The summed E-state index contributed by atoms with van der Waals surface area (Å²) in [4.78, 5) is 24.2. The van der Waals surface area contributed by atoms with Crippen LogP contribution < -0.4 is 0 Å². The molecule has 5 heteroatoms. The van der Waals surface area contributed by atoms with Crippen LogP contribution >= 0.6 is 0 Å². The Labute approximate surface area is 101 Å². The van der Waals surface area contributed by atoms with Crippen molar-refractivity contribution in [2.45, 2.75) is 26.8 Å². The zero-order valence-corrected chi connectivity index (χ0v) is 10.5. The molecule has 1 unspecified atom stereocenters. The first-order valence-electron chi connectivity index (χ1n) is 5.61. The lowest BCUT2D eigenvalue weighted by atomic mass is 9.96. The van der Waals surface area contributed by atoms with Crippen molar-refractivity contribution >= 4 is 11.9 Å². The van der Waals surface area contributed by atoms with Crippen LogP contribution in [-0.2, 0) is 14.3 Å². The number of carboxylic acid groups (broad SMARTS) is 1. The Morgan fingerprint density at radius 3 is 2.59 bits per heavy atom. The monoisotopic (exact) mass is 241 g/mol. The summed E-state index contributed by atoms with van der Waals surface area (Å²) in [6.45, 7) is 6.70. The molecule has 1 amide bonds. The predicted octanol–water partition coefficient (Wildman–Crippen LogP) is 0.901. The van der Waals surface area contributed by atoms with Gasteiger partial charge >= 0.3 is 5.97 Å². The maximum absolute atomic E-state index is 11.9. The molecule has 0 aromatic heterocycles. The Balaban J connectivity index is 2.72. The van der Waals surface area contributed by atoms with Crippen LogP contribution in [0, 0.1) is 5.41 Å². The highest BCUT2D eigenvalue weighted by Crippen LogP contribution is 2.15. The number of carbonyl (C=O) groups is 2. The van der Waals surface area contributed by atoms with Crippen LogP contribution in [0.5, 0.6) is 0 Å². The van der Waals surface area contributed by atoms with Gasteiger partial charge in [0, 0.05) is 6.54 Å². The maximum Gasteiger partial charge on any atom is 0.328 e. The van der Waals surface area contributed by atoms with Crippen molar-refractivity contribution < 1.29 is 19.4 Å². The summed E-state index contributed by atoms with van der Waals surface area (Å²) in [5.41, 5.74) is -0.0966. The lowest BCUT2D eigenvalue weighted by molar-refractivity contribution is -0.156. The number of allylic oxidation sites excluding steroid dienone is 1. The fourth-order valence-corrected chi connectivity index (χ4v) is 1.49. The van der Waals surface area contributed by atoms with E-state index < -0.39 is 12.0 Å². The van der Waals surface area contributed by atoms with Crippen molar-refractivity contribution in [3.63, 3.8) is 0 Å². The van der Waals surface area contributed by atoms with Gasteiger partial charge in [0.05, 0.1) is 13.2 Å². The molecule has 1 rings (SSSR count). The van der Waals surface area contributed by atoms with Crippen LogP contribution in [0.25, 0.3) is 0 Å². The topological polar surface area (TPSA) is 66.8 Å². The van der Waals surface area contributed by atoms with Crippen molar-refractivity contribution in [2.75, 3.05) is 19.8 Å². The lowest BCUT2D eigenvalue weighted by Crippen LogP contribution is -2.52. The number of nitrogens with zero attached hydrogens (tertiary/aromatic N) is 1. The molecule has 1 saturated heterocycles. The summed E-state index contributed by atoms with van der Waals surface area (Å²) < 4.78 is 5.07. The largest absolute Gasteiger partial charge is 0.480 e. The number of hydrogen-bond acceptors (Lipinski definition) is 3. The van der Waals surface area contributed by atoms with E-state index in [1.807, 2.05) is 20.8 Å². The van der Waals surface area contributed by atoms with Crippen molar-refractivity contribution in [1.82, 2.24) is 4.90 Å². The molecule has 1 atom stereocenters. The molecule has 0 aromatic carbocycles. The Morgan fingerprint density at radius 1 is 1.41 bits per heavy atom. The number of carbonyl (C=O) groups excluding carboxylic acids is 1. The number of hydrogen-bond donors (Lipinski definition) is 1. The van der Waals surface area contributed by atoms with Crippen LogP contribution in [0.2, 0.25) is 0 Å². The number of rotatable bonds is 2. The van der Waals surface area contributed by atoms with Gasteiger partial charge in [0.1, 0.15) is 0 Å². The molecule has 5 nitrogen and oxygen atoms in total. The second kappa shape index (κ2) is 5.31. The van der Waals surface area contributed by atoms with Crippen LogP contribution in [0.4, 0.5) is 0 Å². The van der Waals surface area contributed by atoms with E-state index in [9.17, 15) is 9.59 Å². The molecule has 17 heavy (non-hydrogen) atoms. The van der Waals surface area contributed by atoms with E-state index in [0.29, 0.717) is 13.2 Å². The first kappa shape index (κ1) is 13.7. The molecule has 1 fully saturated rings. The fourth-order valence-electron chi connectivity index (χ4n) is 1.49. The molecule has 0 saturated carbocycles. The summed E-state index contributed by atoms with van der Waals surface area (Å²) in [6.07, 6.45) is 3.23. The molecule has 0 radical (unpaired) electrons. The van der Waals surface area contributed by atoms with E-state index in [2.05, 4.69) is 0 Å². The molecule has 0 aromatic rings. The summed E-state index contributed by atoms with van der Waals surface area (Å²) in [5.74, 6) is -1.29. The van der Waals surface area contributed by atoms with Gasteiger partial charge in [0.15, 0.2) is 6.04 Å². The molecular weight excluding hydrogens is 222 g/mol. The summed E-state index contributed by atoms with van der Waals surface area (Å²) in [5, 5.41) is 8.99. The van der Waals surface area contributed by atoms with Crippen LogP contribution in [-0.4, -0.2) is 47.7 Å². The van der Waals surface area contributed by atoms with Crippen LogP contribution in [0.3, 0.4) is 0 Å². The van der Waals surface area contributed by atoms with Gasteiger partial charge in [-0.05, 0) is 11.5 Å². The van der Waals surface area contributed by atoms with Gasteiger partial charge < -0.3 is 14.7 Å². The van der Waals surface area contributed by atoms with E-state index >= 15 is 0 Å². The third-order valence-electron chi connectivity index (χ3n) is 2.42. The fraction of sp³-hybridized carbons (Fsp3) is 0.667. The average molecular weight is 241 g/mol. The van der Waals surface area contributed by atoms with E-state index in [4.69, 9.17) is 9.84 Å². The van der Waals surface area contributed by atoms with E-state index in [-0.39, 0.29) is 17.9 Å². The highest BCUT2D eigenvalue weighted by Gasteiger charge is 2.31. The van der Waals surface area contributed by atoms with E-state index in [1.54, 1.807) is 6.08 Å². The molecule has 1 aliphatic rings. The standard InChI is InChI=1S/C12H19NO4/c1-12(2,3)5-4-10(14)13-6-7-17-8-9(13)11(15)16/h4-5,9H,6-8H2,1-3H3,(H,15,16). The quantitative estimate of drug-likeness (QED) is 0.729. The van der Waals surface area contributed by atoms with Gasteiger partial charge in [-0.2, -0.15) is 0 Å². The van der Waals surface area contributed by atoms with Crippen molar-refractivity contribution in [2.24, 2.45) is 5.41 Å². The normalized spacial score (nSPS) is 21.8. The molecule has 0 bridgehead atoms. The molecule has 0 spiro atoms. The Hall–Kier alpha value is -1.36. The minimum atomic E-state index is -1.03. The van der Waals surface area contributed by atoms with E-state index in [1.165, 1.54) is 11.0 Å². The van der Waals surface area contributed by atoms with Crippen molar-refractivity contribution in [3.8, 4) is 0 Å². The van der Waals surface area contributed by atoms with Crippen LogP contribution in [0.1, 0.15) is 20.8 Å². The second-order valence-electron chi connectivity index (χ2n) is 5.16. The molecule has 1 aliphatic heterocycles. The van der Waals surface area contributed by atoms with Gasteiger partial charge in [-0.25, -0.2) is 4.79 Å². The number of carboxylic acids is 1. The molecule has 1 heterocycles. The number of amides is 1. The molecule has 1 N–H and O–H groups in total. The summed E-state index contributed by atoms with van der Waals surface area (Å²) in [6, 6.07) is -0.874. The third-order valence-corrected chi connectivity index (χ3v) is 2.42. The van der Waals surface area contributed by atoms with Crippen LogP contribution in [0.15, 0.2) is 12.2 Å². The Morgan fingerprint density at radius 2 is 2.06 bits per heavy atom. The van der Waals surface area contributed by atoms with Gasteiger partial charge in [0.2, 0.25) is 5.91 Å². The first-order chi connectivity index (χ1) is 7.81. The number of ether oxygens (including phenoxy) is 1. The van der Waals surface area contributed by atoms with Gasteiger partial charge in [-0.1, -0.05) is 26.8 Å². The Bertz CT molecular complexity index is 330. The number of aliphatic carboxylic acids is 1. The maximum atomic E-state index is 11.9. The SMILES string of the molecule is CC(C)(C)C=CC(=O)N1CCOCC1C(=O)O. The smallest absolute Gasteiger partial charge is 0.328 e.